The highest BCUT2D eigenvalue weighted by Crippen LogP contribution is 2.30. The molecule has 0 radical (unpaired) electrons. The first kappa shape index (κ1) is 12.8. The molecule has 0 fully saturated rings. The van der Waals surface area contributed by atoms with Crippen molar-refractivity contribution in [3.05, 3.63) is 47.8 Å². The average Bonchev–Trinajstić information content (AvgIpc) is 2.71. The van der Waals surface area contributed by atoms with Crippen LogP contribution in [0, 0.1) is 6.92 Å². The molecule has 104 valence electrons. The summed E-state index contributed by atoms with van der Waals surface area (Å²) >= 11 is 0. The lowest BCUT2D eigenvalue weighted by Gasteiger charge is -2.11. The van der Waals surface area contributed by atoms with Gasteiger partial charge in [0.05, 0.1) is 25.1 Å². The van der Waals surface area contributed by atoms with Crippen molar-refractivity contribution in [2.24, 2.45) is 0 Å². The molecule has 2 aromatic rings. The summed E-state index contributed by atoms with van der Waals surface area (Å²) in [5, 5.41) is 3.39. The molecule has 1 aliphatic heterocycles. The van der Waals surface area contributed by atoms with Gasteiger partial charge in [0.25, 0.3) is 0 Å². The Labute approximate surface area is 118 Å². The number of aromatic nitrogens is 1. The minimum absolute atomic E-state index is 0.714. The second-order valence-corrected chi connectivity index (χ2v) is 4.88. The zero-order valence-electron chi connectivity index (χ0n) is 11.6. The smallest absolute Gasteiger partial charge is 0.161 e. The number of ether oxygens (including phenoxy) is 2. The number of hydrogen-bond donors (Lipinski definition) is 1. The lowest BCUT2D eigenvalue weighted by molar-refractivity contribution is 0.297. The van der Waals surface area contributed by atoms with Crippen molar-refractivity contribution in [2.75, 3.05) is 18.5 Å². The molecule has 0 saturated heterocycles. The Bertz CT molecular complexity index is 599. The van der Waals surface area contributed by atoms with Crippen LogP contribution in [0.15, 0.2) is 36.7 Å². The van der Waals surface area contributed by atoms with E-state index < -0.39 is 0 Å². The van der Waals surface area contributed by atoms with Crippen LogP contribution >= 0.6 is 0 Å². The summed E-state index contributed by atoms with van der Waals surface area (Å²) in [4.78, 5) is 4.13. The number of benzene rings is 1. The predicted octanol–water partition coefficient (Wildman–Crippen LogP) is 3.16. The SMILES string of the molecule is Cc1ccncc1NCc1ccc2c(c1)OCCCO2. The van der Waals surface area contributed by atoms with Crippen LogP contribution in [0.25, 0.3) is 0 Å². The third kappa shape index (κ3) is 2.85. The molecular weight excluding hydrogens is 252 g/mol. The molecule has 20 heavy (non-hydrogen) atoms. The molecule has 0 saturated carbocycles. The van der Waals surface area contributed by atoms with E-state index in [2.05, 4.69) is 23.3 Å². The number of fused-ring (bicyclic) bond motifs is 1. The Morgan fingerprint density at radius 2 is 2.00 bits per heavy atom. The lowest BCUT2D eigenvalue weighted by atomic mass is 10.2. The molecule has 4 heteroatoms. The summed E-state index contributed by atoms with van der Waals surface area (Å²) in [6.45, 7) is 4.24. The van der Waals surface area contributed by atoms with Crippen LogP contribution in [-0.2, 0) is 6.54 Å². The van der Waals surface area contributed by atoms with Crippen LogP contribution in [-0.4, -0.2) is 18.2 Å². The lowest BCUT2D eigenvalue weighted by Crippen LogP contribution is -2.02. The number of nitrogens with zero attached hydrogens (tertiary/aromatic N) is 1. The van der Waals surface area contributed by atoms with Gasteiger partial charge in [0.1, 0.15) is 0 Å². The zero-order chi connectivity index (χ0) is 13.8. The molecule has 0 bridgehead atoms. The number of pyridine rings is 1. The summed E-state index contributed by atoms with van der Waals surface area (Å²) in [5.74, 6) is 1.67. The number of anilines is 1. The highest BCUT2D eigenvalue weighted by Gasteiger charge is 2.10. The Balaban J connectivity index is 1.72. The molecule has 0 unspecified atom stereocenters. The highest BCUT2D eigenvalue weighted by molar-refractivity contribution is 5.49. The number of hydrogen-bond acceptors (Lipinski definition) is 4. The van der Waals surface area contributed by atoms with E-state index in [1.165, 1.54) is 5.56 Å². The monoisotopic (exact) mass is 270 g/mol. The first-order valence-electron chi connectivity index (χ1n) is 6.86. The van der Waals surface area contributed by atoms with Gasteiger partial charge in [0.15, 0.2) is 11.5 Å². The van der Waals surface area contributed by atoms with Gasteiger partial charge in [-0.05, 0) is 36.2 Å². The van der Waals surface area contributed by atoms with Crippen molar-refractivity contribution < 1.29 is 9.47 Å². The van der Waals surface area contributed by atoms with E-state index in [0.717, 1.165) is 42.3 Å². The summed E-state index contributed by atoms with van der Waals surface area (Å²) < 4.78 is 11.3. The molecule has 0 atom stereocenters. The molecular formula is C16H18N2O2. The van der Waals surface area contributed by atoms with Crippen molar-refractivity contribution in [3.8, 4) is 11.5 Å². The molecule has 0 amide bonds. The maximum atomic E-state index is 5.70. The molecule has 1 aliphatic rings. The van der Waals surface area contributed by atoms with Crippen molar-refractivity contribution in [1.29, 1.82) is 0 Å². The standard InChI is InChI=1S/C16H18N2O2/c1-12-5-6-17-11-14(12)18-10-13-3-4-15-16(9-13)20-8-2-7-19-15/h3-6,9,11,18H,2,7-8,10H2,1H3. The molecule has 1 aromatic heterocycles. The van der Waals surface area contributed by atoms with E-state index in [4.69, 9.17) is 9.47 Å². The normalized spacial score (nSPS) is 13.7. The molecule has 1 aromatic carbocycles. The van der Waals surface area contributed by atoms with Gasteiger partial charge in [-0.1, -0.05) is 6.07 Å². The van der Waals surface area contributed by atoms with Crippen LogP contribution in [0.2, 0.25) is 0 Å². The van der Waals surface area contributed by atoms with Gasteiger partial charge >= 0.3 is 0 Å². The topological polar surface area (TPSA) is 43.4 Å². The van der Waals surface area contributed by atoms with E-state index in [9.17, 15) is 0 Å². The zero-order valence-corrected chi connectivity index (χ0v) is 11.6. The van der Waals surface area contributed by atoms with Crippen molar-refractivity contribution in [1.82, 2.24) is 4.98 Å². The van der Waals surface area contributed by atoms with Gasteiger partial charge in [-0.25, -0.2) is 0 Å². The number of aryl methyl sites for hydroxylation is 1. The fourth-order valence-corrected chi connectivity index (χ4v) is 2.16. The maximum absolute atomic E-state index is 5.70. The fourth-order valence-electron chi connectivity index (χ4n) is 2.16. The van der Waals surface area contributed by atoms with E-state index in [1.54, 1.807) is 6.20 Å². The quantitative estimate of drug-likeness (QED) is 0.930. The van der Waals surface area contributed by atoms with Gasteiger partial charge in [-0.15, -0.1) is 0 Å². The molecule has 4 nitrogen and oxygen atoms in total. The van der Waals surface area contributed by atoms with Gasteiger partial charge in [-0.2, -0.15) is 0 Å². The second-order valence-electron chi connectivity index (χ2n) is 4.88. The minimum Gasteiger partial charge on any atom is -0.490 e. The Morgan fingerprint density at radius 1 is 1.15 bits per heavy atom. The largest absolute Gasteiger partial charge is 0.490 e. The summed E-state index contributed by atoms with van der Waals surface area (Å²) in [7, 11) is 0. The average molecular weight is 270 g/mol. The van der Waals surface area contributed by atoms with Gasteiger partial charge < -0.3 is 14.8 Å². The van der Waals surface area contributed by atoms with E-state index >= 15 is 0 Å². The van der Waals surface area contributed by atoms with Gasteiger partial charge in [0, 0.05) is 19.2 Å². The minimum atomic E-state index is 0.714. The van der Waals surface area contributed by atoms with Crippen molar-refractivity contribution in [2.45, 2.75) is 19.9 Å². The molecule has 2 heterocycles. The molecule has 1 N–H and O–H groups in total. The van der Waals surface area contributed by atoms with E-state index in [0.29, 0.717) is 6.61 Å². The van der Waals surface area contributed by atoms with Crippen LogP contribution in [0.3, 0.4) is 0 Å². The molecule has 0 aliphatic carbocycles. The third-order valence-corrected chi connectivity index (χ3v) is 3.33. The molecule has 0 spiro atoms. The maximum Gasteiger partial charge on any atom is 0.161 e. The Hall–Kier alpha value is -2.23. The number of nitrogens with one attached hydrogen (secondary N) is 1. The Kier molecular flexibility index (Phi) is 3.72. The highest BCUT2D eigenvalue weighted by atomic mass is 16.5. The van der Waals surface area contributed by atoms with Crippen LogP contribution in [0.4, 0.5) is 5.69 Å². The van der Waals surface area contributed by atoms with Crippen molar-refractivity contribution in [3.63, 3.8) is 0 Å². The third-order valence-electron chi connectivity index (χ3n) is 3.33. The first-order valence-corrected chi connectivity index (χ1v) is 6.86. The van der Waals surface area contributed by atoms with Gasteiger partial charge in [0.2, 0.25) is 0 Å². The Morgan fingerprint density at radius 3 is 2.85 bits per heavy atom. The number of rotatable bonds is 3. The van der Waals surface area contributed by atoms with Crippen LogP contribution in [0.5, 0.6) is 11.5 Å². The fraction of sp³-hybridized carbons (Fsp3) is 0.312. The summed E-state index contributed by atoms with van der Waals surface area (Å²) in [5.41, 5.74) is 3.41. The van der Waals surface area contributed by atoms with Crippen LogP contribution < -0.4 is 14.8 Å². The van der Waals surface area contributed by atoms with E-state index in [1.807, 2.05) is 24.4 Å². The van der Waals surface area contributed by atoms with E-state index in [-0.39, 0.29) is 0 Å². The van der Waals surface area contributed by atoms with Crippen molar-refractivity contribution >= 4 is 5.69 Å². The van der Waals surface area contributed by atoms with Crippen LogP contribution in [0.1, 0.15) is 17.5 Å². The second kappa shape index (κ2) is 5.82. The first-order chi connectivity index (χ1) is 9.83. The van der Waals surface area contributed by atoms with Gasteiger partial charge in [-0.3, -0.25) is 4.98 Å². The molecule has 3 rings (SSSR count). The predicted molar refractivity (Wildman–Crippen MR) is 78.3 cm³/mol. The summed E-state index contributed by atoms with van der Waals surface area (Å²) in [6, 6.07) is 8.08. The summed E-state index contributed by atoms with van der Waals surface area (Å²) in [6.07, 6.45) is 4.57.